The summed E-state index contributed by atoms with van der Waals surface area (Å²) in [6, 6.07) is 5.48. The molecule has 22 heavy (non-hydrogen) atoms. The van der Waals surface area contributed by atoms with Crippen LogP contribution < -0.4 is 5.56 Å². The molecule has 0 spiro atoms. The summed E-state index contributed by atoms with van der Waals surface area (Å²) in [4.78, 5) is 20.8. The molecule has 1 aliphatic rings. The van der Waals surface area contributed by atoms with Crippen LogP contribution in [0.3, 0.4) is 0 Å². The van der Waals surface area contributed by atoms with Crippen LogP contribution in [0.5, 0.6) is 0 Å². The molecule has 1 unspecified atom stereocenters. The first kappa shape index (κ1) is 14.8. The molecule has 116 valence electrons. The zero-order valence-corrected chi connectivity index (χ0v) is 12.8. The molecule has 2 aromatic heterocycles. The standard InChI is InChI=1S/C17H21N3O2/c1-13(8-15-5-3-7-22-15)10-20-6-2-4-14(11-20)16-9-17(21)19-12-18-16/h3,5,7-9,12,14H,2,4,6,10-11H2,1H3,(H,18,19,21)/b13-8+. The van der Waals surface area contributed by atoms with E-state index in [2.05, 4.69) is 27.9 Å². The minimum absolute atomic E-state index is 0.0731. The SMILES string of the molecule is C/C(=C\c1ccco1)CN1CCCC(c2cc(=O)[nH]cn2)C1. The zero-order chi connectivity index (χ0) is 15.4. The van der Waals surface area contributed by atoms with Gasteiger partial charge in [-0.05, 0) is 44.5 Å². The Bertz CT molecular complexity index is 688. The molecular weight excluding hydrogens is 278 g/mol. The second kappa shape index (κ2) is 6.75. The third-order valence-corrected chi connectivity index (χ3v) is 4.03. The van der Waals surface area contributed by atoms with Gasteiger partial charge in [0.15, 0.2) is 0 Å². The number of likely N-dealkylation sites (tertiary alicyclic amines) is 1. The lowest BCUT2D eigenvalue weighted by atomic mass is 9.94. The Morgan fingerprint density at radius 1 is 1.59 bits per heavy atom. The van der Waals surface area contributed by atoms with Crippen molar-refractivity contribution >= 4 is 6.08 Å². The Morgan fingerprint density at radius 3 is 3.27 bits per heavy atom. The number of hydrogen-bond acceptors (Lipinski definition) is 4. The van der Waals surface area contributed by atoms with Gasteiger partial charge in [-0.3, -0.25) is 9.69 Å². The van der Waals surface area contributed by atoms with E-state index in [1.807, 2.05) is 12.1 Å². The Balaban J connectivity index is 1.64. The van der Waals surface area contributed by atoms with Gasteiger partial charge in [0.1, 0.15) is 5.76 Å². The number of piperidine rings is 1. The van der Waals surface area contributed by atoms with E-state index in [1.165, 1.54) is 11.9 Å². The maximum absolute atomic E-state index is 11.4. The smallest absolute Gasteiger partial charge is 0.250 e. The van der Waals surface area contributed by atoms with Crippen molar-refractivity contribution in [1.29, 1.82) is 0 Å². The molecule has 0 saturated carbocycles. The Hall–Kier alpha value is -2.14. The molecular formula is C17H21N3O2. The molecule has 1 N–H and O–H groups in total. The average molecular weight is 299 g/mol. The highest BCUT2D eigenvalue weighted by atomic mass is 16.3. The van der Waals surface area contributed by atoms with Crippen LogP contribution in [0.2, 0.25) is 0 Å². The van der Waals surface area contributed by atoms with Crippen LogP contribution in [0, 0.1) is 0 Å². The third kappa shape index (κ3) is 3.74. The van der Waals surface area contributed by atoms with Crippen molar-refractivity contribution in [1.82, 2.24) is 14.9 Å². The molecule has 0 bridgehead atoms. The summed E-state index contributed by atoms with van der Waals surface area (Å²) in [6.07, 6.45) is 7.49. The molecule has 5 heteroatoms. The van der Waals surface area contributed by atoms with Gasteiger partial charge in [0.25, 0.3) is 5.56 Å². The number of aromatic amines is 1. The monoisotopic (exact) mass is 299 g/mol. The van der Waals surface area contributed by atoms with Crippen LogP contribution in [0.15, 0.2) is 45.6 Å². The van der Waals surface area contributed by atoms with E-state index < -0.39 is 0 Å². The van der Waals surface area contributed by atoms with Gasteiger partial charge in [-0.25, -0.2) is 4.98 Å². The van der Waals surface area contributed by atoms with E-state index in [1.54, 1.807) is 12.3 Å². The number of rotatable bonds is 4. The quantitative estimate of drug-likeness (QED) is 0.942. The van der Waals surface area contributed by atoms with Crippen molar-refractivity contribution < 1.29 is 4.42 Å². The summed E-state index contributed by atoms with van der Waals surface area (Å²) >= 11 is 0. The summed E-state index contributed by atoms with van der Waals surface area (Å²) in [5.41, 5.74) is 2.10. The fraction of sp³-hybridized carbons (Fsp3) is 0.412. The lowest BCUT2D eigenvalue weighted by Gasteiger charge is -2.32. The molecule has 2 aromatic rings. The Kier molecular flexibility index (Phi) is 4.53. The van der Waals surface area contributed by atoms with Gasteiger partial charge in [-0.15, -0.1) is 0 Å². The Morgan fingerprint density at radius 2 is 2.50 bits per heavy atom. The van der Waals surface area contributed by atoms with Crippen molar-refractivity contribution in [2.75, 3.05) is 19.6 Å². The molecule has 3 heterocycles. The van der Waals surface area contributed by atoms with Gasteiger partial charge in [0.2, 0.25) is 0 Å². The first-order chi connectivity index (χ1) is 10.7. The van der Waals surface area contributed by atoms with E-state index in [0.717, 1.165) is 43.9 Å². The average Bonchev–Trinajstić information content (AvgIpc) is 3.00. The van der Waals surface area contributed by atoms with Crippen molar-refractivity contribution in [2.45, 2.75) is 25.7 Å². The summed E-state index contributed by atoms with van der Waals surface area (Å²) in [6.45, 7) is 5.07. The number of furan rings is 1. The normalized spacial score (nSPS) is 20.2. The number of nitrogens with one attached hydrogen (secondary N) is 1. The fourth-order valence-corrected chi connectivity index (χ4v) is 3.06. The van der Waals surface area contributed by atoms with E-state index in [4.69, 9.17) is 4.42 Å². The first-order valence-corrected chi connectivity index (χ1v) is 7.68. The Labute approximate surface area is 129 Å². The van der Waals surface area contributed by atoms with Crippen LogP contribution in [-0.2, 0) is 0 Å². The van der Waals surface area contributed by atoms with E-state index in [9.17, 15) is 4.79 Å². The largest absolute Gasteiger partial charge is 0.465 e. The minimum atomic E-state index is -0.0731. The maximum atomic E-state index is 11.4. The second-order valence-corrected chi connectivity index (χ2v) is 5.92. The lowest BCUT2D eigenvalue weighted by Crippen LogP contribution is -2.36. The van der Waals surface area contributed by atoms with Gasteiger partial charge < -0.3 is 9.40 Å². The molecule has 0 aliphatic carbocycles. The molecule has 5 nitrogen and oxygen atoms in total. The van der Waals surface area contributed by atoms with E-state index >= 15 is 0 Å². The van der Waals surface area contributed by atoms with Crippen molar-refractivity contribution in [3.05, 3.63) is 58.2 Å². The molecule has 0 radical (unpaired) electrons. The molecule has 0 aromatic carbocycles. The second-order valence-electron chi connectivity index (χ2n) is 5.92. The summed E-state index contributed by atoms with van der Waals surface area (Å²) in [7, 11) is 0. The summed E-state index contributed by atoms with van der Waals surface area (Å²) < 4.78 is 5.35. The number of H-pyrrole nitrogens is 1. The topological polar surface area (TPSA) is 62.1 Å². The van der Waals surface area contributed by atoms with Crippen molar-refractivity contribution in [2.24, 2.45) is 0 Å². The molecule has 3 rings (SSSR count). The van der Waals surface area contributed by atoms with Gasteiger partial charge in [-0.1, -0.05) is 5.57 Å². The van der Waals surface area contributed by atoms with E-state index in [0.29, 0.717) is 5.92 Å². The van der Waals surface area contributed by atoms with Crippen LogP contribution in [0.25, 0.3) is 6.08 Å². The molecule has 1 aliphatic heterocycles. The third-order valence-electron chi connectivity index (χ3n) is 4.03. The van der Waals surface area contributed by atoms with Gasteiger partial charge in [0, 0.05) is 25.1 Å². The van der Waals surface area contributed by atoms with Crippen LogP contribution in [0.4, 0.5) is 0 Å². The van der Waals surface area contributed by atoms with Gasteiger partial charge in [-0.2, -0.15) is 0 Å². The molecule has 1 saturated heterocycles. The summed E-state index contributed by atoms with van der Waals surface area (Å²) in [5.74, 6) is 1.23. The first-order valence-electron chi connectivity index (χ1n) is 7.68. The number of nitrogens with zero attached hydrogens (tertiary/aromatic N) is 2. The fourth-order valence-electron chi connectivity index (χ4n) is 3.06. The van der Waals surface area contributed by atoms with E-state index in [-0.39, 0.29) is 5.56 Å². The minimum Gasteiger partial charge on any atom is -0.465 e. The van der Waals surface area contributed by atoms with Crippen LogP contribution >= 0.6 is 0 Å². The van der Waals surface area contributed by atoms with Crippen molar-refractivity contribution in [3.8, 4) is 0 Å². The predicted molar refractivity (Wildman–Crippen MR) is 85.6 cm³/mol. The summed E-state index contributed by atoms with van der Waals surface area (Å²) in [5, 5.41) is 0. The predicted octanol–water partition coefficient (Wildman–Crippen LogP) is 2.65. The zero-order valence-electron chi connectivity index (χ0n) is 12.8. The highest BCUT2D eigenvalue weighted by Crippen LogP contribution is 2.25. The van der Waals surface area contributed by atoms with Crippen LogP contribution in [-0.4, -0.2) is 34.5 Å². The molecule has 0 amide bonds. The van der Waals surface area contributed by atoms with Gasteiger partial charge in [0.05, 0.1) is 18.3 Å². The van der Waals surface area contributed by atoms with Crippen LogP contribution in [0.1, 0.15) is 37.1 Å². The van der Waals surface area contributed by atoms with Gasteiger partial charge >= 0.3 is 0 Å². The molecule has 1 atom stereocenters. The maximum Gasteiger partial charge on any atom is 0.250 e. The highest BCUT2D eigenvalue weighted by molar-refractivity contribution is 5.46. The molecule has 1 fully saturated rings. The highest BCUT2D eigenvalue weighted by Gasteiger charge is 2.22. The lowest BCUT2D eigenvalue weighted by molar-refractivity contribution is 0.222. The van der Waals surface area contributed by atoms with Crippen molar-refractivity contribution in [3.63, 3.8) is 0 Å². The number of hydrogen-bond donors (Lipinski definition) is 1. The number of aromatic nitrogens is 2.